The Labute approximate surface area is 108 Å². The second-order valence-electron chi connectivity index (χ2n) is 3.84. The summed E-state index contributed by atoms with van der Waals surface area (Å²) in [6.07, 6.45) is 2.74. The average molecular weight is 259 g/mol. The van der Waals surface area contributed by atoms with Crippen molar-refractivity contribution in [1.82, 2.24) is 14.8 Å². The van der Waals surface area contributed by atoms with Crippen LogP contribution in [0.25, 0.3) is 0 Å². The zero-order valence-corrected chi connectivity index (χ0v) is 10.0. The Morgan fingerprint density at radius 2 is 2.37 bits per heavy atom. The molecule has 1 heterocycles. The maximum atomic E-state index is 13.0. The number of rotatable bonds is 3. The van der Waals surface area contributed by atoms with Crippen LogP contribution in [0.4, 0.5) is 10.1 Å². The van der Waals surface area contributed by atoms with Crippen LogP contribution in [0, 0.1) is 17.1 Å². The van der Waals surface area contributed by atoms with Crippen LogP contribution in [-0.4, -0.2) is 20.7 Å². The van der Waals surface area contributed by atoms with Crippen molar-refractivity contribution in [2.24, 2.45) is 0 Å². The highest BCUT2D eigenvalue weighted by atomic mass is 19.1. The van der Waals surface area contributed by atoms with Crippen molar-refractivity contribution >= 4 is 11.6 Å². The number of hydrogen-bond acceptors (Lipinski definition) is 4. The third-order valence-corrected chi connectivity index (χ3v) is 2.57. The van der Waals surface area contributed by atoms with Gasteiger partial charge in [-0.15, -0.1) is 0 Å². The summed E-state index contributed by atoms with van der Waals surface area (Å²) < 4.78 is 14.3. The molecule has 0 fully saturated rings. The Bertz CT molecular complexity index is 632. The van der Waals surface area contributed by atoms with Crippen LogP contribution in [0.15, 0.2) is 30.9 Å². The normalized spacial score (nSPS) is 11.6. The van der Waals surface area contributed by atoms with E-state index >= 15 is 0 Å². The summed E-state index contributed by atoms with van der Waals surface area (Å²) in [5.41, 5.74) is 0.333. The van der Waals surface area contributed by atoms with Crippen LogP contribution in [-0.2, 0) is 4.79 Å². The lowest BCUT2D eigenvalue weighted by Crippen LogP contribution is -2.24. The van der Waals surface area contributed by atoms with E-state index in [1.807, 2.05) is 6.07 Å². The fourth-order valence-corrected chi connectivity index (χ4v) is 1.49. The smallest absolute Gasteiger partial charge is 0.249 e. The van der Waals surface area contributed by atoms with Gasteiger partial charge in [0.1, 0.15) is 30.6 Å². The van der Waals surface area contributed by atoms with Crippen LogP contribution in [0.1, 0.15) is 18.5 Å². The molecule has 0 saturated carbocycles. The minimum absolute atomic E-state index is 0.0686. The zero-order valence-electron chi connectivity index (χ0n) is 10.0. The standard InChI is InChI=1S/C12H10FN5O/c1-8(18-7-15-6-16-18)12(19)17-11-3-2-10(13)4-9(11)5-14/h2-4,6-8H,1H3,(H,17,19). The fraction of sp³-hybridized carbons (Fsp3) is 0.167. The SMILES string of the molecule is CC(C(=O)Nc1ccc(F)cc1C#N)n1cncn1. The van der Waals surface area contributed by atoms with Crippen LogP contribution in [0.2, 0.25) is 0 Å². The first-order valence-electron chi connectivity index (χ1n) is 5.46. The summed E-state index contributed by atoms with van der Waals surface area (Å²) >= 11 is 0. The minimum atomic E-state index is -0.584. The van der Waals surface area contributed by atoms with Gasteiger partial charge in [-0.3, -0.25) is 4.79 Å². The summed E-state index contributed by atoms with van der Waals surface area (Å²) in [7, 11) is 0. The molecule has 2 rings (SSSR count). The molecular formula is C12H10FN5O. The number of nitrogens with one attached hydrogen (secondary N) is 1. The van der Waals surface area contributed by atoms with E-state index in [4.69, 9.17) is 5.26 Å². The molecule has 19 heavy (non-hydrogen) atoms. The molecule has 0 bridgehead atoms. The number of carbonyl (C=O) groups excluding carboxylic acids is 1. The van der Waals surface area contributed by atoms with Crippen molar-refractivity contribution in [3.05, 3.63) is 42.2 Å². The number of anilines is 1. The molecular weight excluding hydrogens is 249 g/mol. The highest BCUT2D eigenvalue weighted by molar-refractivity contribution is 5.94. The molecule has 1 aromatic heterocycles. The van der Waals surface area contributed by atoms with Gasteiger partial charge in [-0.25, -0.2) is 14.1 Å². The fourth-order valence-electron chi connectivity index (χ4n) is 1.49. The number of benzene rings is 1. The first-order chi connectivity index (χ1) is 9.11. The molecule has 2 aromatic rings. The van der Waals surface area contributed by atoms with Crippen molar-refractivity contribution in [3.8, 4) is 6.07 Å². The monoisotopic (exact) mass is 259 g/mol. The Morgan fingerprint density at radius 3 is 3.00 bits per heavy atom. The first-order valence-corrected chi connectivity index (χ1v) is 5.46. The second-order valence-corrected chi connectivity index (χ2v) is 3.84. The molecule has 0 radical (unpaired) electrons. The van der Waals surface area contributed by atoms with Gasteiger partial charge in [0.15, 0.2) is 0 Å². The number of nitriles is 1. The number of amides is 1. The summed E-state index contributed by atoms with van der Waals surface area (Å²) in [6.45, 7) is 1.64. The Kier molecular flexibility index (Phi) is 3.52. The van der Waals surface area contributed by atoms with E-state index < -0.39 is 11.9 Å². The van der Waals surface area contributed by atoms with Crippen molar-refractivity contribution < 1.29 is 9.18 Å². The molecule has 1 amide bonds. The predicted octanol–water partition coefficient (Wildman–Crippen LogP) is 1.49. The lowest BCUT2D eigenvalue weighted by Gasteiger charge is -2.12. The van der Waals surface area contributed by atoms with Crippen molar-refractivity contribution in [2.45, 2.75) is 13.0 Å². The van der Waals surface area contributed by atoms with Crippen LogP contribution in [0.5, 0.6) is 0 Å². The first kappa shape index (κ1) is 12.7. The minimum Gasteiger partial charge on any atom is -0.323 e. The lowest BCUT2D eigenvalue weighted by molar-refractivity contribution is -0.119. The number of hydrogen-bond donors (Lipinski definition) is 1. The van der Waals surface area contributed by atoms with Gasteiger partial charge in [-0.1, -0.05) is 0 Å². The van der Waals surface area contributed by atoms with Crippen molar-refractivity contribution in [3.63, 3.8) is 0 Å². The van der Waals surface area contributed by atoms with Gasteiger partial charge < -0.3 is 5.32 Å². The number of carbonyl (C=O) groups is 1. The lowest BCUT2D eigenvalue weighted by atomic mass is 10.2. The van der Waals surface area contributed by atoms with Gasteiger partial charge in [0.25, 0.3) is 0 Å². The molecule has 1 atom stereocenters. The highest BCUT2D eigenvalue weighted by Crippen LogP contribution is 2.17. The van der Waals surface area contributed by atoms with E-state index in [9.17, 15) is 9.18 Å². The molecule has 1 unspecified atom stereocenters. The van der Waals surface area contributed by atoms with Gasteiger partial charge in [-0.05, 0) is 25.1 Å². The van der Waals surface area contributed by atoms with Gasteiger partial charge >= 0.3 is 0 Å². The van der Waals surface area contributed by atoms with Crippen LogP contribution < -0.4 is 5.32 Å². The number of nitrogens with zero attached hydrogens (tertiary/aromatic N) is 4. The third-order valence-electron chi connectivity index (χ3n) is 2.57. The number of aromatic nitrogens is 3. The number of halogens is 1. The largest absolute Gasteiger partial charge is 0.323 e. The van der Waals surface area contributed by atoms with Gasteiger partial charge in [-0.2, -0.15) is 10.4 Å². The Morgan fingerprint density at radius 1 is 1.58 bits per heavy atom. The molecule has 0 saturated heterocycles. The molecule has 1 aromatic carbocycles. The van der Waals surface area contributed by atoms with Crippen LogP contribution >= 0.6 is 0 Å². The summed E-state index contributed by atoms with van der Waals surface area (Å²) in [5, 5.41) is 15.3. The molecule has 0 aliphatic rings. The van der Waals surface area contributed by atoms with E-state index in [1.165, 1.54) is 29.5 Å². The van der Waals surface area contributed by atoms with Gasteiger partial charge in [0.05, 0.1) is 11.3 Å². The van der Waals surface area contributed by atoms with E-state index in [1.54, 1.807) is 6.92 Å². The maximum absolute atomic E-state index is 13.0. The van der Waals surface area contributed by atoms with Crippen molar-refractivity contribution in [1.29, 1.82) is 5.26 Å². The average Bonchev–Trinajstić information content (AvgIpc) is 2.93. The summed E-state index contributed by atoms with van der Waals surface area (Å²) in [4.78, 5) is 15.7. The second kappa shape index (κ2) is 5.27. The molecule has 1 N–H and O–H groups in total. The molecule has 0 aliphatic carbocycles. The third kappa shape index (κ3) is 2.74. The Balaban J connectivity index is 2.18. The molecule has 0 aliphatic heterocycles. The summed E-state index contributed by atoms with van der Waals surface area (Å²) in [6, 6.07) is 4.83. The van der Waals surface area contributed by atoms with E-state index in [2.05, 4.69) is 15.4 Å². The zero-order chi connectivity index (χ0) is 13.8. The Hall–Kier alpha value is -2.75. The van der Waals surface area contributed by atoms with Gasteiger partial charge in [0.2, 0.25) is 5.91 Å². The van der Waals surface area contributed by atoms with E-state index in [0.29, 0.717) is 0 Å². The summed E-state index contributed by atoms with van der Waals surface area (Å²) in [5.74, 6) is -0.896. The topological polar surface area (TPSA) is 83.6 Å². The molecule has 96 valence electrons. The van der Waals surface area contributed by atoms with E-state index in [-0.39, 0.29) is 17.2 Å². The quantitative estimate of drug-likeness (QED) is 0.905. The predicted molar refractivity (Wildman–Crippen MR) is 64.5 cm³/mol. The van der Waals surface area contributed by atoms with Gasteiger partial charge in [0, 0.05) is 0 Å². The molecule has 7 heteroatoms. The molecule has 6 nitrogen and oxygen atoms in total. The van der Waals surface area contributed by atoms with Crippen molar-refractivity contribution in [2.75, 3.05) is 5.32 Å². The maximum Gasteiger partial charge on any atom is 0.249 e. The van der Waals surface area contributed by atoms with E-state index in [0.717, 1.165) is 6.07 Å². The molecule has 0 spiro atoms. The van der Waals surface area contributed by atoms with Crippen LogP contribution in [0.3, 0.4) is 0 Å². The highest BCUT2D eigenvalue weighted by Gasteiger charge is 2.17.